The van der Waals surface area contributed by atoms with Crippen molar-refractivity contribution in [2.75, 3.05) is 44.7 Å². The van der Waals surface area contributed by atoms with E-state index in [1.54, 1.807) is 0 Å². The number of nitrogens with zero attached hydrogens (tertiary/aromatic N) is 2. The minimum Gasteiger partial charge on any atom is -0.469 e. The summed E-state index contributed by atoms with van der Waals surface area (Å²) in [7, 11) is 1.47. The maximum absolute atomic E-state index is 11.9. The molecule has 0 aromatic heterocycles. The molecule has 0 bridgehead atoms. The molecule has 0 spiro atoms. The second-order valence-electron chi connectivity index (χ2n) is 10.7. The average Bonchev–Trinajstić information content (AvgIpc) is 2.77. The molecule has 31 heavy (non-hydrogen) atoms. The highest BCUT2D eigenvalue weighted by molar-refractivity contribution is 5.73. The van der Waals surface area contributed by atoms with E-state index in [1.807, 2.05) is 0 Å². The Kier molecular flexibility index (Phi) is 8.43. The summed E-state index contributed by atoms with van der Waals surface area (Å²) in [5.41, 5.74) is 4.36. The van der Waals surface area contributed by atoms with Crippen molar-refractivity contribution >= 4 is 11.7 Å². The highest BCUT2D eigenvalue weighted by Gasteiger charge is 2.32. The minimum absolute atomic E-state index is 0.159. The molecule has 3 rings (SSSR count). The van der Waals surface area contributed by atoms with Crippen LogP contribution in [0.15, 0.2) is 18.2 Å². The maximum Gasteiger partial charge on any atom is 0.309 e. The van der Waals surface area contributed by atoms with Gasteiger partial charge < -0.3 is 9.64 Å². The largest absolute Gasteiger partial charge is 0.469 e. The van der Waals surface area contributed by atoms with Crippen molar-refractivity contribution in [2.24, 2.45) is 11.3 Å². The summed E-state index contributed by atoms with van der Waals surface area (Å²) in [5, 5.41) is 0. The summed E-state index contributed by atoms with van der Waals surface area (Å²) >= 11 is 0. The summed E-state index contributed by atoms with van der Waals surface area (Å²) < 4.78 is 4.92. The van der Waals surface area contributed by atoms with Crippen molar-refractivity contribution < 1.29 is 9.53 Å². The highest BCUT2D eigenvalue weighted by Crippen LogP contribution is 2.45. The third-order valence-electron chi connectivity index (χ3n) is 7.60. The Bertz CT molecular complexity index is 708. The van der Waals surface area contributed by atoms with Crippen LogP contribution in [0.2, 0.25) is 0 Å². The Labute approximate surface area is 190 Å². The molecule has 0 N–H and O–H groups in total. The number of piperazine rings is 1. The van der Waals surface area contributed by atoms with Crippen LogP contribution in [-0.4, -0.2) is 50.7 Å². The lowest BCUT2D eigenvalue weighted by atomic mass is 9.68. The van der Waals surface area contributed by atoms with Crippen LogP contribution in [0.3, 0.4) is 0 Å². The van der Waals surface area contributed by atoms with E-state index in [-0.39, 0.29) is 5.97 Å². The molecule has 0 amide bonds. The van der Waals surface area contributed by atoms with Gasteiger partial charge in [-0.15, -0.1) is 0 Å². The number of methoxy groups -OCH3 is 1. The zero-order chi connectivity index (χ0) is 22.4. The van der Waals surface area contributed by atoms with Gasteiger partial charge in [-0.2, -0.15) is 0 Å². The average molecular weight is 429 g/mol. The van der Waals surface area contributed by atoms with E-state index in [0.717, 1.165) is 37.7 Å². The molecule has 1 aromatic rings. The van der Waals surface area contributed by atoms with E-state index in [4.69, 9.17) is 4.74 Å². The van der Waals surface area contributed by atoms with Crippen LogP contribution in [0.1, 0.15) is 83.3 Å². The molecule has 4 heteroatoms. The Hall–Kier alpha value is -1.55. The van der Waals surface area contributed by atoms with E-state index in [0.29, 0.717) is 17.8 Å². The van der Waals surface area contributed by atoms with Crippen LogP contribution >= 0.6 is 0 Å². The molecule has 2 aliphatic rings. The van der Waals surface area contributed by atoms with Crippen LogP contribution < -0.4 is 4.90 Å². The second kappa shape index (κ2) is 10.8. The fraction of sp³-hybridized carbons (Fsp3) is 0.741. The Balaban J connectivity index is 1.77. The first-order valence-electron chi connectivity index (χ1n) is 12.5. The van der Waals surface area contributed by atoms with E-state index >= 15 is 0 Å². The van der Waals surface area contributed by atoms with Crippen LogP contribution in [0.5, 0.6) is 0 Å². The Morgan fingerprint density at radius 1 is 1.06 bits per heavy atom. The van der Waals surface area contributed by atoms with Gasteiger partial charge in [0.15, 0.2) is 0 Å². The molecule has 1 aliphatic carbocycles. The number of unbranched alkanes of at least 4 members (excludes halogenated alkanes) is 1. The smallest absolute Gasteiger partial charge is 0.309 e. The molecule has 0 atom stereocenters. The normalized spacial score (nSPS) is 23.1. The Morgan fingerprint density at radius 2 is 1.74 bits per heavy atom. The van der Waals surface area contributed by atoms with E-state index in [9.17, 15) is 4.79 Å². The highest BCUT2D eigenvalue weighted by atomic mass is 16.5. The fourth-order valence-electron chi connectivity index (χ4n) is 5.42. The van der Waals surface area contributed by atoms with Gasteiger partial charge in [-0.3, -0.25) is 9.69 Å². The van der Waals surface area contributed by atoms with Gasteiger partial charge in [-0.1, -0.05) is 46.2 Å². The van der Waals surface area contributed by atoms with Gasteiger partial charge in [0.05, 0.1) is 13.5 Å². The maximum atomic E-state index is 11.9. The van der Waals surface area contributed by atoms with Gasteiger partial charge in [0.25, 0.3) is 0 Å². The SMILES string of the molecule is CCCCN1CCN(c2cc(CC(=O)OC)ccc2C2CCC(C(C)(C)C)CC2)CC1. The van der Waals surface area contributed by atoms with Crippen molar-refractivity contribution in [1.29, 1.82) is 0 Å². The lowest BCUT2D eigenvalue weighted by Crippen LogP contribution is -2.47. The van der Waals surface area contributed by atoms with E-state index < -0.39 is 0 Å². The number of hydrogen-bond acceptors (Lipinski definition) is 4. The van der Waals surface area contributed by atoms with Gasteiger partial charge in [-0.25, -0.2) is 0 Å². The van der Waals surface area contributed by atoms with Gasteiger partial charge in [0, 0.05) is 31.9 Å². The van der Waals surface area contributed by atoms with Crippen LogP contribution in [0.4, 0.5) is 5.69 Å². The second-order valence-corrected chi connectivity index (χ2v) is 10.7. The summed E-state index contributed by atoms with van der Waals surface area (Å²) in [6.07, 6.45) is 8.11. The monoisotopic (exact) mass is 428 g/mol. The lowest BCUT2D eigenvalue weighted by molar-refractivity contribution is -0.139. The molecular weight excluding hydrogens is 384 g/mol. The van der Waals surface area contributed by atoms with Crippen LogP contribution in [0, 0.1) is 11.3 Å². The van der Waals surface area contributed by atoms with Crippen LogP contribution in [-0.2, 0) is 16.0 Å². The van der Waals surface area contributed by atoms with Crippen molar-refractivity contribution in [3.05, 3.63) is 29.3 Å². The first-order valence-corrected chi connectivity index (χ1v) is 12.5. The zero-order valence-electron chi connectivity index (χ0n) is 20.6. The van der Waals surface area contributed by atoms with E-state index in [1.165, 1.54) is 63.4 Å². The molecule has 1 aliphatic heterocycles. The number of hydrogen-bond donors (Lipinski definition) is 0. The quantitative estimate of drug-likeness (QED) is 0.526. The number of esters is 1. The number of rotatable bonds is 7. The van der Waals surface area contributed by atoms with Gasteiger partial charge in [-0.05, 0) is 73.1 Å². The standard InChI is InChI=1S/C27H44N2O2/c1-6-7-14-28-15-17-29(18-16-28)25-19-21(20-26(30)31-5)8-13-24(25)22-9-11-23(12-10-22)27(2,3)4/h8,13,19,22-23H,6-7,9-12,14-18,20H2,1-5H3. The molecule has 0 radical (unpaired) electrons. The first kappa shape index (κ1) is 24.1. The third kappa shape index (κ3) is 6.47. The van der Waals surface area contributed by atoms with E-state index in [2.05, 4.69) is 55.7 Å². The zero-order valence-corrected chi connectivity index (χ0v) is 20.6. The molecule has 1 saturated carbocycles. The number of carbonyl (C=O) groups is 1. The summed E-state index contributed by atoms with van der Waals surface area (Å²) in [5.74, 6) is 1.31. The van der Waals surface area contributed by atoms with Crippen LogP contribution in [0.25, 0.3) is 0 Å². The third-order valence-corrected chi connectivity index (χ3v) is 7.60. The molecule has 174 valence electrons. The predicted octanol–water partition coefficient (Wildman–Crippen LogP) is 5.64. The molecular formula is C27H44N2O2. The van der Waals surface area contributed by atoms with Crippen molar-refractivity contribution in [1.82, 2.24) is 4.90 Å². The summed E-state index contributed by atoms with van der Waals surface area (Å²) in [6.45, 7) is 15.1. The van der Waals surface area contributed by atoms with Gasteiger partial charge in [0.2, 0.25) is 0 Å². The Morgan fingerprint density at radius 3 is 2.32 bits per heavy atom. The molecule has 1 heterocycles. The summed E-state index contributed by atoms with van der Waals surface area (Å²) in [4.78, 5) is 17.1. The lowest BCUT2D eigenvalue weighted by Gasteiger charge is -2.40. The number of anilines is 1. The molecule has 4 nitrogen and oxygen atoms in total. The number of ether oxygens (including phenoxy) is 1. The van der Waals surface area contributed by atoms with Crippen molar-refractivity contribution in [3.63, 3.8) is 0 Å². The minimum atomic E-state index is -0.159. The first-order chi connectivity index (χ1) is 14.8. The molecule has 2 fully saturated rings. The molecule has 0 unspecified atom stereocenters. The fourth-order valence-corrected chi connectivity index (χ4v) is 5.42. The topological polar surface area (TPSA) is 32.8 Å². The van der Waals surface area contributed by atoms with Crippen molar-refractivity contribution in [2.45, 2.75) is 78.6 Å². The molecule has 1 aromatic carbocycles. The number of carbonyl (C=O) groups excluding carboxylic acids is 1. The van der Waals surface area contributed by atoms with Crippen molar-refractivity contribution in [3.8, 4) is 0 Å². The van der Waals surface area contributed by atoms with Gasteiger partial charge in [0.1, 0.15) is 0 Å². The van der Waals surface area contributed by atoms with Gasteiger partial charge >= 0.3 is 5.97 Å². The predicted molar refractivity (Wildman–Crippen MR) is 130 cm³/mol. The summed E-state index contributed by atoms with van der Waals surface area (Å²) in [6, 6.07) is 6.76. The molecule has 1 saturated heterocycles. The number of benzene rings is 1.